The van der Waals surface area contributed by atoms with Crippen molar-refractivity contribution in [3.8, 4) is 0 Å². The number of nitrogens with zero attached hydrogens (tertiary/aromatic N) is 3. The average Bonchev–Trinajstić information content (AvgIpc) is 2.32. The molecule has 0 saturated carbocycles. The van der Waals surface area contributed by atoms with E-state index in [2.05, 4.69) is 27.2 Å². The Hall–Kier alpha value is -1.36. The van der Waals surface area contributed by atoms with Crippen molar-refractivity contribution in [3.63, 3.8) is 0 Å². The van der Waals surface area contributed by atoms with Gasteiger partial charge in [0.2, 0.25) is 0 Å². The molecule has 94 valence electrons. The van der Waals surface area contributed by atoms with E-state index < -0.39 is 0 Å². The molecule has 5 nitrogen and oxygen atoms in total. The quantitative estimate of drug-likeness (QED) is 0.604. The first kappa shape index (κ1) is 12.1. The van der Waals surface area contributed by atoms with Gasteiger partial charge in [-0.2, -0.15) is 0 Å². The highest BCUT2D eigenvalue weighted by molar-refractivity contribution is 5.58. The van der Waals surface area contributed by atoms with E-state index in [0.717, 1.165) is 29.6 Å². The van der Waals surface area contributed by atoms with Crippen molar-refractivity contribution in [2.75, 3.05) is 16.9 Å². The Morgan fingerprint density at radius 1 is 1.29 bits per heavy atom. The van der Waals surface area contributed by atoms with Gasteiger partial charge in [-0.1, -0.05) is 0 Å². The van der Waals surface area contributed by atoms with E-state index in [1.54, 1.807) is 0 Å². The third kappa shape index (κ3) is 2.34. The molecule has 0 amide bonds. The van der Waals surface area contributed by atoms with Crippen LogP contribution < -0.4 is 16.2 Å². The highest BCUT2D eigenvalue weighted by Gasteiger charge is 2.22. The first-order valence-corrected chi connectivity index (χ1v) is 6.22. The highest BCUT2D eigenvalue weighted by atomic mass is 15.3. The van der Waals surface area contributed by atoms with Crippen molar-refractivity contribution in [1.82, 2.24) is 9.97 Å². The lowest BCUT2D eigenvalue weighted by Gasteiger charge is -2.35. The number of hydrogen-bond donors (Lipinski definition) is 2. The summed E-state index contributed by atoms with van der Waals surface area (Å²) in [5, 5.41) is 0. The fourth-order valence-corrected chi connectivity index (χ4v) is 2.45. The first-order chi connectivity index (χ1) is 8.13. The van der Waals surface area contributed by atoms with Crippen LogP contribution in [0.2, 0.25) is 0 Å². The molecule has 1 atom stereocenters. The second-order valence-corrected chi connectivity index (χ2v) is 4.75. The second-order valence-electron chi connectivity index (χ2n) is 4.75. The number of piperidine rings is 1. The van der Waals surface area contributed by atoms with Gasteiger partial charge in [0.1, 0.15) is 17.5 Å². The Balaban J connectivity index is 2.39. The molecule has 1 unspecified atom stereocenters. The summed E-state index contributed by atoms with van der Waals surface area (Å²) in [6.45, 7) is 7.25. The number of rotatable bonds is 2. The Morgan fingerprint density at radius 2 is 2.06 bits per heavy atom. The minimum Gasteiger partial charge on any atom is -0.354 e. The van der Waals surface area contributed by atoms with Crippen LogP contribution in [-0.4, -0.2) is 22.6 Å². The van der Waals surface area contributed by atoms with E-state index in [1.807, 2.05) is 13.8 Å². The number of hydrogen-bond acceptors (Lipinski definition) is 5. The summed E-state index contributed by atoms with van der Waals surface area (Å²) in [5.74, 6) is 8.01. The molecule has 1 aliphatic rings. The molecule has 1 fully saturated rings. The number of nitrogens with two attached hydrogens (primary N) is 1. The molecule has 5 heteroatoms. The predicted molar refractivity (Wildman–Crippen MR) is 70.0 cm³/mol. The van der Waals surface area contributed by atoms with Gasteiger partial charge < -0.3 is 10.3 Å². The minimum atomic E-state index is 0.544. The summed E-state index contributed by atoms with van der Waals surface area (Å²) >= 11 is 0. The number of anilines is 2. The molecule has 3 N–H and O–H groups in total. The molecule has 0 aromatic carbocycles. The summed E-state index contributed by atoms with van der Waals surface area (Å²) in [6.07, 6.45) is 3.77. The molecular formula is C12H21N5. The maximum Gasteiger partial charge on any atom is 0.148 e. The highest BCUT2D eigenvalue weighted by Crippen LogP contribution is 2.28. The molecule has 2 heterocycles. The van der Waals surface area contributed by atoms with Gasteiger partial charge in [0.05, 0.1) is 0 Å². The van der Waals surface area contributed by atoms with Gasteiger partial charge in [-0.25, -0.2) is 15.8 Å². The SMILES string of the molecule is Cc1nc(NN)c(C)c(N2CCCCC2C)n1. The maximum absolute atomic E-state index is 5.49. The molecule has 2 rings (SSSR count). The van der Waals surface area contributed by atoms with Crippen molar-refractivity contribution in [1.29, 1.82) is 0 Å². The van der Waals surface area contributed by atoms with Crippen molar-refractivity contribution in [2.24, 2.45) is 5.84 Å². The van der Waals surface area contributed by atoms with E-state index in [0.29, 0.717) is 6.04 Å². The summed E-state index contributed by atoms with van der Waals surface area (Å²) < 4.78 is 0. The average molecular weight is 235 g/mol. The lowest BCUT2D eigenvalue weighted by molar-refractivity contribution is 0.480. The Morgan fingerprint density at radius 3 is 2.71 bits per heavy atom. The number of nitrogens with one attached hydrogen (secondary N) is 1. The summed E-state index contributed by atoms with van der Waals surface area (Å²) in [4.78, 5) is 11.2. The maximum atomic E-state index is 5.49. The van der Waals surface area contributed by atoms with E-state index in [-0.39, 0.29) is 0 Å². The third-order valence-electron chi connectivity index (χ3n) is 3.44. The first-order valence-electron chi connectivity index (χ1n) is 6.22. The molecule has 0 radical (unpaired) electrons. The molecule has 0 aliphatic carbocycles. The molecule has 0 bridgehead atoms. The van der Waals surface area contributed by atoms with Gasteiger partial charge in [-0.15, -0.1) is 0 Å². The van der Waals surface area contributed by atoms with E-state index in [1.165, 1.54) is 19.3 Å². The summed E-state index contributed by atoms with van der Waals surface area (Å²) in [7, 11) is 0. The standard InChI is InChI=1S/C12H21N5/c1-8-6-4-5-7-17(8)12-9(2)11(16-13)14-10(3)15-12/h8H,4-7,13H2,1-3H3,(H,14,15,16). The lowest BCUT2D eigenvalue weighted by atomic mass is 10.0. The summed E-state index contributed by atoms with van der Waals surface area (Å²) in [6, 6.07) is 0.544. The zero-order valence-corrected chi connectivity index (χ0v) is 10.8. The molecule has 1 aromatic heterocycles. The van der Waals surface area contributed by atoms with Crippen LogP contribution in [0.4, 0.5) is 11.6 Å². The van der Waals surface area contributed by atoms with E-state index in [4.69, 9.17) is 5.84 Å². The van der Waals surface area contributed by atoms with Gasteiger partial charge in [-0.3, -0.25) is 0 Å². The Kier molecular flexibility index (Phi) is 3.47. The molecular weight excluding hydrogens is 214 g/mol. The van der Waals surface area contributed by atoms with Gasteiger partial charge in [-0.05, 0) is 40.0 Å². The van der Waals surface area contributed by atoms with Crippen LogP contribution in [-0.2, 0) is 0 Å². The second kappa shape index (κ2) is 4.87. The van der Waals surface area contributed by atoms with Crippen molar-refractivity contribution in [2.45, 2.75) is 46.1 Å². The molecule has 1 saturated heterocycles. The Labute approximate surface area is 102 Å². The van der Waals surface area contributed by atoms with E-state index >= 15 is 0 Å². The fraction of sp³-hybridized carbons (Fsp3) is 0.667. The molecule has 17 heavy (non-hydrogen) atoms. The normalized spacial score (nSPS) is 20.5. The van der Waals surface area contributed by atoms with Crippen LogP contribution in [0.5, 0.6) is 0 Å². The van der Waals surface area contributed by atoms with Crippen LogP contribution >= 0.6 is 0 Å². The number of hydrazine groups is 1. The van der Waals surface area contributed by atoms with Crippen LogP contribution in [0.25, 0.3) is 0 Å². The summed E-state index contributed by atoms with van der Waals surface area (Å²) in [5.41, 5.74) is 3.69. The largest absolute Gasteiger partial charge is 0.354 e. The Bertz CT molecular complexity index is 404. The molecule has 1 aromatic rings. The molecule has 1 aliphatic heterocycles. The number of aromatic nitrogens is 2. The monoisotopic (exact) mass is 235 g/mol. The third-order valence-corrected chi connectivity index (χ3v) is 3.44. The molecule has 0 spiro atoms. The fourth-order valence-electron chi connectivity index (χ4n) is 2.45. The van der Waals surface area contributed by atoms with Gasteiger partial charge in [0.15, 0.2) is 0 Å². The van der Waals surface area contributed by atoms with Crippen molar-refractivity contribution >= 4 is 11.6 Å². The van der Waals surface area contributed by atoms with Crippen LogP contribution in [0.3, 0.4) is 0 Å². The van der Waals surface area contributed by atoms with Crippen LogP contribution in [0.15, 0.2) is 0 Å². The van der Waals surface area contributed by atoms with Gasteiger partial charge in [0, 0.05) is 18.2 Å². The van der Waals surface area contributed by atoms with Crippen LogP contribution in [0, 0.1) is 13.8 Å². The van der Waals surface area contributed by atoms with Crippen LogP contribution in [0.1, 0.15) is 37.6 Å². The number of nitrogen functional groups attached to an aromatic ring is 1. The topological polar surface area (TPSA) is 67.1 Å². The predicted octanol–water partition coefficient (Wildman–Crippen LogP) is 1.76. The smallest absolute Gasteiger partial charge is 0.148 e. The number of aryl methyl sites for hydroxylation is 1. The zero-order chi connectivity index (χ0) is 12.4. The minimum absolute atomic E-state index is 0.544. The zero-order valence-electron chi connectivity index (χ0n) is 10.8. The van der Waals surface area contributed by atoms with Crippen molar-refractivity contribution in [3.05, 3.63) is 11.4 Å². The lowest BCUT2D eigenvalue weighted by Crippen LogP contribution is -2.38. The van der Waals surface area contributed by atoms with Gasteiger partial charge >= 0.3 is 0 Å². The van der Waals surface area contributed by atoms with Gasteiger partial charge in [0.25, 0.3) is 0 Å². The van der Waals surface area contributed by atoms with Crippen molar-refractivity contribution < 1.29 is 0 Å². The van der Waals surface area contributed by atoms with E-state index in [9.17, 15) is 0 Å².